The molecule has 0 saturated carbocycles. The third-order valence-corrected chi connectivity index (χ3v) is 11.1. The summed E-state index contributed by atoms with van der Waals surface area (Å²) in [6, 6.07) is -0.729. The van der Waals surface area contributed by atoms with E-state index in [2.05, 4.69) is 74.6 Å². The van der Waals surface area contributed by atoms with Crippen LogP contribution in [0.25, 0.3) is 0 Å². The first kappa shape index (κ1) is 59.0. The van der Waals surface area contributed by atoms with Crippen LogP contribution in [-0.2, 0) is 28.6 Å². The number of esters is 2. The predicted octanol–water partition coefficient (Wildman–Crippen LogP) is 13.2. The van der Waals surface area contributed by atoms with E-state index in [9.17, 15) is 19.5 Å². The number of rotatable bonds is 45. The van der Waals surface area contributed by atoms with Crippen molar-refractivity contribution in [2.45, 2.75) is 225 Å². The molecule has 0 saturated heterocycles. The maximum Gasteiger partial charge on any atom is 0.306 e. The van der Waals surface area contributed by atoms with Gasteiger partial charge in [0.05, 0.1) is 40.3 Å². The number of carbonyl (C=O) groups is 3. The number of carboxylic acid groups (broad SMARTS) is 1. The second kappa shape index (κ2) is 44.6. The summed E-state index contributed by atoms with van der Waals surface area (Å²) in [5.74, 6) is -1.74. The Morgan fingerprint density at radius 1 is 0.500 bits per heavy atom. The zero-order chi connectivity index (χ0) is 45.6. The van der Waals surface area contributed by atoms with E-state index < -0.39 is 18.1 Å². The molecule has 0 aromatic heterocycles. The lowest BCUT2D eigenvalue weighted by molar-refractivity contribution is -0.889. The molecule has 0 rings (SSSR count). The SMILES string of the molecule is CC/C=C/C/C=C/C/C=C/C/C=C/CCCCCCCCCCCCC(=O)OCC(COCCC(C(=O)[O-])[N+](C)(C)C)OC(=O)CCCCCCCCC/C=C/CCCCCC. The molecular formula is C54H95NO7. The Morgan fingerprint density at radius 2 is 0.903 bits per heavy atom. The van der Waals surface area contributed by atoms with Gasteiger partial charge in [0.15, 0.2) is 6.10 Å². The van der Waals surface area contributed by atoms with Crippen LogP contribution in [0, 0.1) is 0 Å². The van der Waals surface area contributed by atoms with Crippen LogP contribution >= 0.6 is 0 Å². The molecular weight excluding hydrogens is 775 g/mol. The molecule has 358 valence electrons. The van der Waals surface area contributed by atoms with Gasteiger partial charge in [0.1, 0.15) is 12.6 Å². The Bertz CT molecular complexity index is 1200. The molecule has 0 aromatic carbocycles. The van der Waals surface area contributed by atoms with Gasteiger partial charge in [-0.1, -0.05) is 177 Å². The summed E-state index contributed by atoms with van der Waals surface area (Å²) < 4.78 is 17.2. The van der Waals surface area contributed by atoms with Crippen LogP contribution in [0.3, 0.4) is 0 Å². The third kappa shape index (κ3) is 42.3. The lowest BCUT2D eigenvalue weighted by atomic mass is 10.1. The molecule has 0 N–H and O–H groups in total. The molecule has 8 nitrogen and oxygen atoms in total. The second-order valence-electron chi connectivity index (χ2n) is 18.0. The van der Waals surface area contributed by atoms with Crippen molar-refractivity contribution >= 4 is 17.9 Å². The van der Waals surface area contributed by atoms with Gasteiger partial charge in [0.25, 0.3) is 0 Å². The number of carbonyl (C=O) groups excluding carboxylic acids is 3. The summed E-state index contributed by atoms with van der Waals surface area (Å²) in [5.41, 5.74) is 0. The van der Waals surface area contributed by atoms with Crippen molar-refractivity contribution in [1.82, 2.24) is 0 Å². The first-order valence-electron chi connectivity index (χ1n) is 25.3. The predicted molar refractivity (Wildman–Crippen MR) is 259 cm³/mol. The minimum absolute atomic E-state index is 0.0370. The Kier molecular flexibility index (Phi) is 42.5. The molecule has 0 bridgehead atoms. The summed E-state index contributed by atoms with van der Waals surface area (Å²) in [6.07, 6.45) is 55.3. The van der Waals surface area contributed by atoms with E-state index in [1.165, 1.54) is 116 Å². The number of allylic oxidation sites excluding steroid dienone is 10. The van der Waals surface area contributed by atoms with Crippen LogP contribution in [0.5, 0.6) is 0 Å². The van der Waals surface area contributed by atoms with Crippen molar-refractivity contribution in [1.29, 1.82) is 0 Å². The monoisotopic (exact) mass is 870 g/mol. The van der Waals surface area contributed by atoms with Gasteiger partial charge >= 0.3 is 11.9 Å². The lowest BCUT2D eigenvalue weighted by Gasteiger charge is -2.34. The van der Waals surface area contributed by atoms with Crippen molar-refractivity contribution < 1.29 is 38.2 Å². The lowest BCUT2D eigenvalue weighted by Crippen LogP contribution is -2.55. The van der Waals surface area contributed by atoms with Crippen molar-refractivity contribution in [3.8, 4) is 0 Å². The highest BCUT2D eigenvalue weighted by Gasteiger charge is 2.25. The van der Waals surface area contributed by atoms with Crippen molar-refractivity contribution in [2.24, 2.45) is 0 Å². The molecule has 0 aliphatic rings. The number of hydrogen-bond acceptors (Lipinski definition) is 7. The largest absolute Gasteiger partial charge is 0.544 e. The van der Waals surface area contributed by atoms with Gasteiger partial charge in [0, 0.05) is 19.3 Å². The van der Waals surface area contributed by atoms with Gasteiger partial charge in [-0.2, -0.15) is 0 Å². The highest BCUT2D eigenvalue weighted by molar-refractivity contribution is 5.70. The van der Waals surface area contributed by atoms with E-state index in [0.29, 0.717) is 12.8 Å². The first-order chi connectivity index (χ1) is 30.1. The normalized spacial score (nSPS) is 13.4. The zero-order valence-electron chi connectivity index (χ0n) is 40.8. The van der Waals surface area contributed by atoms with E-state index in [4.69, 9.17) is 14.2 Å². The summed E-state index contributed by atoms with van der Waals surface area (Å²) in [6.45, 7) is 4.54. The van der Waals surface area contributed by atoms with E-state index in [1.54, 1.807) is 21.1 Å². The Hall–Kier alpha value is -2.97. The number of ether oxygens (including phenoxy) is 3. The smallest absolute Gasteiger partial charge is 0.306 e. The molecule has 0 spiro atoms. The molecule has 0 aliphatic carbocycles. The number of aliphatic carboxylic acids is 1. The van der Waals surface area contributed by atoms with Crippen LogP contribution in [0.1, 0.15) is 213 Å². The van der Waals surface area contributed by atoms with Gasteiger partial charge in [0.2, 0.25) is 0 Å². The maximum absolute atomic E-state index is 12.8. The molecule has 62 heavy (non-hydrogen) atoms. The van der Waals surface area contributed by atoms with Crippen LogP contribution in [0.4, 0.5) is 0 Å². The van der Waals surface area contributed by atoms with Gasteiger partial charge in [-0.15, -0.1) is 0 Å². The van der Waals surface area contributed by atoms with Crippen LogP contribution in [0.15, 0.2) is 60.8 Å². The van der Waals surface area contributed by atoms with Crippen molar-refractivity contribution in [2.75, 3.05) is 41.0 Å². The molecule has 2 atom stereocenters. The molecule has 0 aromatic rings. The minimum atomic E-state index is -1.13. The maximum atomic E-state index is 12.8. The highest BCUT2D eigenvalue weighted by Crippen LogP contribution is 2.15. The van der Waals surface area contributed by atoms with Crippen LogP contribution < -0.4 is 5.11 Å². The molecule has 0 heterocycles. The van der Waals surface area contributed by atoms with E-state index in [-0.39, 0.29) is 42.7 Å². The van der Waals surface area contributed by atoms with Crippen molar-refractivity contribution in [3.05, 3.63) is 60.8 Å². The molecule has 0 fully saturated rings. The van der Waals surface area contributed by atoms with Crippen LogP contribution in [-0.4, -0.2) is 75.5 Å². The Morgan fingerprint density at radius 3 is 1.35 bits per heavy atom. The molecule has 2 unspecified atom stereocenters. The Labute approximate surface area is 381 Å². The van der Waals surface area contributed by atoms with E-state index in [1.807, 2.05) is 0 Å². The fourth-order valence-corrected chi connectivity index (χ4v) is 7.23. The average Bonchev–Trinajstić information content (AvgIpc) is 3.23. The fraction of sp³-hybridized carbons (Fsp3) is 0.759. The zero-order valence-corrected chi connectivity index (χ0v) is 40.8. The molecule has 8 heteroatoms. The second-order valence-corrected chi connectivity index (χ2v) is 18.0. The number of likely N-dealkylation sites (N-methyl/N-ethyl adjacent to an activating group) is 1. The third-order valence-electron chi connectivity index (χ3n) is 11.1. The minimum Gasteiger partial charge on any atom is -0.544 e. The first-order valence-corrected chi connectivity index (χ1v) is 25.3. The van der Waals surface area contributed by atoms with Gasteiger partial charge in [-0.05, 0) is 77.0 Å². The van der Waals surface area contributed by atoms with Crippen LogP contribution in [0.2, 0.25) is 0 Å². The summed E-state index contributed by atoms with van der Waals surface area (Å²) in [4.78, 5) is 37.0. The van der Waals surface area contributed by atoms with Gasteiger partial charge in [-0.3, -0.25) is 9.59 Å². The fourth-order valence-electron chi connectivity index (χ4n) is 7.23. The molecule has 0 amide bonds. The van der Waals surface area contributed by atoms with E-state index >= 15 is 0 Å². The van der Waals surface area contributed by atoms with Gasteiger partial charge in [-0.25, -0.2) is 0 Å². The van der Waals surface area contributed by atoms with Gasteiger partial charge < -0.3 is 28.6 Å². The van der Waals surface area contributed by atoms with Crippen molar-refractivity contribution in [3.63, 3.8) is 0 Å². The molecule has 0 aliphatic heterocycles. The average molecular weight is 870 g/mol. The number of carboxylic acids is 1. The number of nitrogens with zero attached hydrogens (tertiary/aromatic N) is 1. The number of unbranched alkanes of at least 4 members (excludes halogenated alkanes) is 21. The summed E-state index contributed by atoms with van der Waals surface area (Å²) >= 11 is 0. The highest BCUT2D eigenvalue weighted by atomic mass is 16.6. The summed E-state index contributed by atoms with van der Waals surface area (Å²) in [5, 5.41) is 11.7. The quantitative estimate of drug-likeness (QED) is 0.0260. The van der Waals surface area contributed by atoms with E-state index in [0.717, 1.165) is 64.2 Å². The summed E-state index contributed by atoms with van der Waals surface area (Å²) in [7, 11) is 5.41. The number of quaternary nitrogens is 1. The Balaban J connectivity index is 4.23. The standard InChI is InChI=1S/C54H95NO7/c1-6-8-10-12-14-16-18-20-22-23-24-25-26-27-28-29-31-32-34-36-38-40-42-44-52(56)61-49-50(48-60-47-46-51(54(58)59)55(3,4)5)62-53(57)45-43-41-39-37-35-33-30-21-19-17-15-13-11-9-7-2/h8,10,14,16-17,19-20,22,24-25,50-51H,6-7,9,11-13,15,18,21,23,26-49H2,1-5H3/b10-8+,16-14+,19-17+,22-20+,25-24+. The topological polar surface area (TPSA) is 102 Å². The number of hydrogen-bond donors (Lipinski definition) is 0. The molecule has 0 radical (unpaired) electrons.